The van der Waals surface area contributed by atoms with Crippen LogP contribution in [-0.4, -0.2) is 64.9 Å². The lowest BCUT2D eigenvalue weighted by molar-refractivity contribution is 0.440. The average Bonchev–Trinajstić information content (AvgIpc) is 3.67. The van der Waals surface area contributed by atoms with Crippen molar-refractivity contribution >= 4 is 32.7 Å². The molecule has 2 fully saturated rings. The smallest absolute Gasteiger partial charge is 0.233 e. The summed E-state index contributed by atoms with van der Waals surface area (Å²) in [4.78, 5) is 19.6. The van der Waals surface area contributed by atoms with E-state index in [1.54, 1.807) is 18.6 Å². The number of halogens is 2. The quantitative estimate of drug-likeness (QED) is 0.340. The van der Waals surface area contributed by atoms with Crippen LogP contribution in [0.25, 0.3) is 27.8 Å². The predicted octanol–water partition coefficient (Wildman–Crippen LogP) is 3.50. The molecule has 3 aromatic heterocycles. The van der Waals surface area contributed by atoms with E-state index < -0.39 is 27.3 Å². The molecule has 0 spiro atoms. The van der Waals surface area contributed by atoms with E-state index in [-0.39, 0.29) is 23.4 Å². The highest BCUT2D eigenvalue weighted by molar-refractivity contribution is 7.92. The monoisotopic (exact) mass is 554 g/mol. The van der Waals surface area contributed by atoms with Gasteiger partial charge in [0, 0.05) is 42.8 Å². The molecule has 2 aliphatic rings. The van der Waals surface area contributed by atoms with Crippen molar-refractivity contribution in [3.05, 3.63) is 54.9 Å². The lowest BCUT2D eigenvalue weighted by Gasteiger charge is -2.31. The van der Waals surface area contributed by atoms with Crippen LogP contribution in [0.15, 0.2) is 43.2 Å². The molecule has 6 rings (SSSR count). The van der Waals surface area contributed by atoms with Crippen LogP contribution in [0.3, 0.4) is 0 Å². The summed E-state index contributed by atoms with van der Waals surface area (Å²) in [6.45, 7) is 1.80. The summed E-state index contributed by atoms with van der Waals surface area (Å²) in [5.74, 6) is -1.42. The number of benzene rings is 1. The molecule has 0 bridgehead atoms. The molecule has 0 amide bonds. The van der Waals surface area contributed by atoms with Crippen LogP contribution >= 0.6 is 0 Å². The molecular formula is C26H28F2N8O2S. The van der Waals surface area contributed by atoms with E-state index in [1.165, 1.54) is 17.1 Å². The Labute approximate surface area is 224 Å². The Balaban J connectivity index is 1.47. The summed E-state index contributed by atoms with van der Waals surface area (Å²) >= 11 is 0. The van der Waals surface area contributed by atoms with Crippen LogP contribution in [0, 0.1) is 17.6 Å². The summed E-state index contributed by atoms with van der Waals surface area (Å²) < 4.78 is 59.8. The third-order valence-electron chi connectivity index (χ3n) is 7.30. The van der Waals surface area contributed by atoms with E-state index >= 15 is 8.78 Å². The molecule has 1 saturated heterocycles. The second kappa shape index (κ2) is 10.1. The molecule has 4 heterocycles. The first-order valence-corrected chi connectivity index (χ1v) is 14.5. The minimum absolute atomic E-state index is 0.0730. The standard InChI is InChI=1S/C26H28F2N8O2S/c1-35(18-6-8-29-9-7-18)26-32-12-22-24(33-26)19(17-10-30-15-31-11-17)13-36(22)25-20(27)4-5-21(23(25)28)34-39(37,38)14-16-2-3-16/h4-5,10-13,15-16,18,29,34H,2-3,6-9,14H2,1H3. The molecule has 2 N–H and O–H groups in total. The van der Waals surface area contributed by atoms with Gasteiger partial charge in [0.05, 0.1) is 23.2 Å². The molecule has 1 aliphatic carbocycles. The maximum atomic E-state index is 15.8. The molecule has 204 valence electrons. The zero-order valence-electron chi connectivity index (χ0n) is 21.3. The molecule has 1 saturated carbocycles. The van der Waals surface area contributed by atoms with Crippen molar-refractivity contribution in [1.29, 1.82) is 0 Å². The third kappa shape index (κ3) is 5.15. The number of nitrogens with one attached hydrogen (secondary N) is 2. The summed E-state index contributed by atoms with van der Waals surface area (Å²) in [5, 5.41) is 3.35. The maximum Gasteiger partial charge on any atom is 0.233 e. The third-order valence-corrected chi connectivity index (χ3v) is 8.74. The van der Waals surface area contributed by atoms with Crippen molar-refractivity contribution in [3.63, 3.8) is 0 Å². The number of hydrogen-bond donors (Lipinski definition) is 2. The number of rotatable bonds is 8. The van der Waals surface area contributed by atoms with E-state index in [4.69, 9.17) is 4.98 Å². The summed E-state index contributed by atoms with van der Waals surface area (Å²) in [6.07, 6.45) is 11.2. The van der Waals surface area contributed by atoms with Crippen LogP contribution in [0.5, 0.6) is 0 Å². The minimum Gasteiger partial charge on any atom is -0.341 e. The first kappa shape index (κ1) is 25.6. The topological polar surface area (TPSA) is 118 Å². The van der Waals surface area contributed by atoms with Gasteiger partial charge in [-0.1, -0.05) is 0 Å². The van der Waals surface area contributed by atoms with Crippen molar-refractivity contribution in [1.82, 2.24) is 29.8 Å². The van der Waals surface area contributed by atoms with Crippen LogP contribution in [-0.2, 0) is 10.0 Å². The van der Waals surface area contributed by atoms with Gasteiger partial charge in [-0.25, -0.2) is 37.1 Å². The normalized spacial score (nSPS) is 16.5. The van der Waals surface area contributed by atoms with E-state index in [1.807, 2.05) is 11.9 Å². The molecule has 1 aromatic carbocycles. The summed E-state index contributed by atoms with van der Waals surface area (Å²) in [6, 6.07) is 2.40. The van der Waals surface area contributed by atoms with Gasteiger partial charge in [-0.2, -0.15) is 0 Å². The van der Waals surface area contributed by atoms with Crippen molar-refractivity contribution in [2.24, 2.45) is 5.92 Å². The molecule has 10 nitrogen and oxygen atoms in total. The fraction of sp³-hybridized carbons (Fsp3) is 0.385. The Morgan fingerprint density at radius 2 is 1.85 bits per heavy atom. The van der Waals surface area contributed by atoms with Gasteiger partial charge in [-0.3, -0.25) is 4.72 Å². The zero-order valence-corrected chi connectivity index (χ0v) is 22.1. The van der Waals surface area contributed by atoms with Crippen molar-refractivity contribution in [2.75, 3.05) is 35.5 Å². The van der Waals surface area contributed by atoms with Gasteiger partial charge < -0.3 is 14.8 Å². The first-order valence-electron chi connectivity index (χ1n) is 12.9. The number of sulfonamides is 1. The largest absolute Gasteiger partial charge is 0.341 e. The molecule has 0 atom stereocenters. The van der Waals surface area contributed by atoms with E-state index in [0.717, 1.165) is 50.9 Å². The highest BCUT2D eigenvalue weighted by Crippen LogP contribution is 2.36. The van der Waals surface area contributed by atoms with E-state index in [0.29, 0.717) is 28.1 Å². The highest BCUT2D eigenvalue weighted by Gasteiger charge is 2.30. The van der Waals surface area contributed by atoms with E-state index in [9.17, 15) is 8.42 Å². The van der Waals surface area contributed by atoms with Crippen LogP contribution in [0.2, 0.25) is 0 Å². The van der Waals surface area contributed by atoms with Crippen LogP contribution in [0.4, 0.5) is 20.4 Å². The van der Waals surface area contributed by atoms with Crippen LogP contribution in [0.1, 0.15) is 25.7 Å². The van der Waals surface area contributed by atoms with Gasteiger partial charge in [-0.15, -0.1) is 0 Å². The Morgan fingerprint density at radius 1 is 1.10 bits per heavy atom. The fourth-order valence-corrected chi connectivity index (χ4v) is 6.54. The number of nitrogens with zero attached hydrogens (tertiary/aromatic N) is 6. The SMILES string of the molecule is CN(c1ncc2c(n1)c(-c1cncnc1)cn2-c1c(F)ccc(NS(=O)(=O)CC2CC2)c1F)C1CCNCC1. The highest BCUT2D eigenvalue weighted by atomic mass is 32.2. The Bertz CT molecular complexity index is 1620. The van der Waals surface area contributed by atoms with Gasteiger partial charge in [0.15, 0.2) is 5.82 Å². The number of hydrogen-bond acceptors (Lipinski definition) is 8. The molecule has 4 aromatic rings. The van der Waals surface area contributed by atoms with Gasteiger partial charge in [0.25, 0.3) is 0 Å². The zero-order chi connectivity index (χ0) is 27.1. The average molecular weight is 555 g/mol. The molecule has 0 radical (unpaired) electrons. The molecular weight excluding hydrogens is 526 g/mol. The van der Waals surface area contributed by atoms with Gasteiger partial charge in [0.1, 0.15) is 23.3 Å². The van der Waals surface area contributed by atoms with Crippen molar-refractivity contribution in [3.8, 4) is 16.8 Å². The second-order valence-electron chi connectivity index (χ2n) is 10.1. The maximum absolute atomic E-state index is 15.8. The summed E-state index contributed by atoms with van der Waals surface area (Å²) in [5.41, 5.74) is 1.24. The van der Waals surface area contributed by atoms with Crippen LogP contribution < -0.4 is 14.9 Å². The molecule has 1 aliphatic heterocycles. The lowest BCUT2D eigenvalue weighted by Crippen LogP contribution is -2.41. The van der Waals surface area contributed by atoms with Gasteiger partial charge in [-0.05, 0) is 56.8 Å². The molecule has 0 unspecified atom stereocenters. The Kier molecular flexibility index (Phi) is 6.63. The fourth-order valence-electron chi connectivity index (χ4n) is 5.01. The second-order valence-corrected chi connectivity index (χ2v) is 11.9. The molecule has 13 heteroatoms. The van der Waals surface area contributed by atoms with E-state index in [2.05, 4.69) is 25.0 Å². The number of fused-ring (bicyclic) bond motifs is 1. The van der Waals surface area contributed by atoms with Crippen molar-refractivity contribution in [2.45, 2.75) is 31.7 Å². The van der Waals surface area contributed by atoms with Gasteiger partial charge in [0.2, 0.25) is 16.0 Å². The van der Waals surface area contributed by atoms with Gasteiger partial charge >= 0.3 is 0 Å². The first-order chi connectivity index (χ1) is 18.8. The molecule has 39 heavy (non-hydrogen) atoms. The van der Waals surface area contributed by atoms with Crippen molar-refractivity contribution < 1.29 is 17.2 Å². The minimum atomic E-state index is -3.78. The Morgan fingerprint density at radius 3 is 2.56 bits per heavy atom. The number of anilines is 2. The predicted molar refractivity (Wildman–Crippen MR) is 144 cm³/mol. The number of piperidine rings is 1. The number of aromatic nitrogens is 5. The Hall–Kier alpha value is -3.71. The lowest BCUT2D eigenvalue weighted by atomic mass is 10.1. The summed E-state index contributed by atoms with van der Waals surface area (Å²) in [7, 11) is -1.84.